The molecule has 0 heterocycles. The van der Waals surface area contributed by atoms with E-state index in [-0.39, 0.29) is 36.7 Å². The number of esters is 1. The maximum atomic E-state index is 17.6. The third-order valence-electron chi connectivity index (χ3n) is 10.9. The van der Waals surface area contributed by atoms with E-state index in [0.717, 1.165) is 30.7 Å². The highest BCUT2D eigenvalue weighted by atomic mass is 32.2. The second-order valence-electron chi connectivity index (χ2n) is 12.7. The topological polar surface area (TPSA) is 101 Å². The third-order valence-corrected chi connectivity index (χ3v) is 11.8. The van der Waals surface area contributed by atoms with Gasteiger partial charge in [-0.05, 0) is 62.7 Å². The highest BCUT2D eigenvalue weighted by Gasteiger charge is 2.78. The number of thioether (sulfide) groups is 1. The summed E-state index contributed by atoms with van der Waals surface area (Å²) < 4.78 is 39.7. The number of alkyl halides is 2. The van der Waals surface area contributed by atoms with Crippen LogP contribution in [0.3, 0.4) is 0 Å². The molecule has 0 aliphatic heterocycles. The summed E-state index contributed by atoms with van der Waals surface area (Å²) in [5.41, 5.74) is -6.60. The van der Waals surface area contributed by atoms with Crippen molar-refractivity contribution >= 4 is 28.6 Å². The predicted octanol–water partition coefficient (Wildman–Crippen LogP) is 4.28. The van der Waals surface area contributed by atoms with Crippen molar-refractivity contribution in [2.45, 2.75) is 89.3 Å². The van der Waals surface area contributed by atoms with Crippen molar-refractivity contribution in [2.24, 2.45) is 34.5 Å². The summed E-state index contributed by atoms with van der Waals surface area (Å²) in [7, 11) is 0. The van der Waals surface area contributed by atoms with Gasteiger partial charge in [-0.15, -0.1) is 0 Å². The predicted molar refractivity (Wildman–Crippen MR) is 146 cm³/mol. The number of fused-ring (bicyclic) bond motifs is 5. The first kappa shape index (κ1) is 29.5. The number of carbonyl (C=O) groups is 3. The van der Waals surface area contributed by atoms with Crippen LogP contribution in [0, 0.1) is 46.3 Å². The van der Waals surface area contributed by atoms with E-state index in [1.54, 1.807) is 13.8 Å². The highest BCUT2D eigenvalue weighted by Crippen LogP contribution is 2.72. The van der Waals surface area contributed by atoms with Gasteiger partial charge in [0, 0.05) is 22.7 Å². The molecule has 9 heteroatoms. The van der Waals surface area contributed by atoms with Gasteiger partial charge in [-0.25, -0.2) is 8.78 Å². The summed E-state index contributed by atoms with van der Waals surface area (Å²) in [6.07, 6.45) is 3.65. The molecule has 218 valence electrons. The molecule has 0 aromatic rings. The number of halogens is 2. The normalized spacial score (nSPS) is 44.1. The summed E-state index contributed by atoms with van der Waals surface area (Å²) >= 11 is 0.895. The molecule has 5 rings (SSSR count). The van der Waals surface area contributed by atoms with Crippen molar-refractivity contribution < 1.29 is 38.1 Å². The van der Waals surface area contributed by atoms with Gasteiger partial charge in [0.05, 0.1) is 17.8 Å². The van der Waals surface area contributed by atoms with E-state index in [1.165, 1.54) is 12.2 Å². The van der Waals surface area contributed by atoms with Crippen molar-refractivity contribution in [2.75, 3.05) is 12.4 Å². The lowest BCUT2D eigenvalue weighted by atomic mass is 9.44. The average molecular weight is 577 g/mol. The Morgan fingerprint density at radius 2 is 1.88 bits per heavy atom. The van der Waals surface area contributed by atoms with Crippen LogP contribution in [0.2, 0.25) is 0 Å². The van der Waals surface area contributed by atoms with Gasteiger partial charge in [0.2, 0.25) is 5.12 Å². The first-order chi connectivity index (χ1) is 18.9. The summed E-state index contributed by atoms with van der Waals surface area (Å²) in [6.45, 7) is 4.79. The van der Waals surface area contributed by atoms with E-state index in [4.69, 9.17) is 9.84 Å². The minimum Gasteiger partial charge on any atom is -0.449 e. The standard InChI is InChI=1S/C31H38F2O6S/c1-18-14-21-22-16-24(32)23-15-20(35)10-11-28(23,2)30(22,33)25(36)17-29(21,3)31(18,27(38)40-13-7-6-12-34)39-26(37)19-8-4-5-9-19/h10-11,15,18-19,21-22,24-25,34,36H,4-5,8-9,12-14,16-17H2,1-3H3/t18-,21+,22+,24+,25+,28+,29+,30+,31+/m1/s1. The van der Waals surface area contributed by atoms with Crippen LogP contribution in [-0.2, 0) is 19.1 Å². The fourth-order valence-corrected chi connectivity index (χ4v) is 9.93. The van der Waals surface area contributed by atoms with E-state index < -0.39 is 69.0 Å². The molecule has 4 fully saturated rings. The summed E-state index contributed by atoms with van der Waals surface area (Å²) in [4.78, 5) is 39.7. The highest BCUT2D eigenvalue weighted by molar-refractivity contribution is 8.14. The molecule has 5 aliphatic carbocycles. The Bertz CT molecular complexity index is 1220. The van der Waals surface area contributed by atoms with Crippen LogP contribution >= 0.6 is 11.8 Å². The van der Waals surface area contributed by atoms with E-state index in [1.807, 2.05) is 6.92 Å². The zero-order chi connectivity index (χ0) is 29.1. The smallest absolute Gasteiger partial charge is 0.309 e. The molecule has 0 bridgehead atoms. The van der Waals surface area contributed by atoms with Gasteiger partial charge in [-0.1, -0.05) is 56.4 Å². The molecule has 40 heavy (non-hydrogen) atoms. The monoisotopic (exact) mass is 576 g/mol. The van der Waals surface area contributed by atoms with E-state index in [2.05, 4.69) is 11.8 Å². The van der Waals surface area contributed by atoms with Gasteiger partial charge in [0.25, 0.3) is 0 Å². The second-order valence-corrected chi connectivity index (χ2v) is 13.7. The number of aliphatic hydroxyl groups is 2. The number of ketones is 1. The quantitative estimate of drug-likeness (QED) is 0.381. The van der Waals surface area contributed by atoms with Crippen LogP contribution in [0.4, 0.5) is 8.78 Å². The number of allylic oxidation sites excluding steroid dienone is 4. The van der Waals surface area contributed by atoms with Gasteiger partial charge in [-0.2, -0.15) is 0 Å². The fraction of sp³-hybridized carbons (Fsp3) is 0.710. The van der Waals surface area contributed by atoms with Gasteiger partial charge in [-0.3, -0.25) is 14.4 Å². The number of carbonyl (C=O) groups excluding carboxylic acids is 3. The number of hydrogen-bond acceptors (Lipinski definition) is 7. The molecule has 9 atom stereocenters. The van der Waals surface area contributed by atoms with Gasteiger partial charge >= 0.3 is 5.97 Å². The van der Waals surface area contributed by atoms with Crippen LogP contribution in [0.15, 0.2) is 23.8 Å². The Morgan fingerprint density at radius 3 is 2.55 bits per heavy atom. The molecular formula is C31H38F2O6S. The summed E-state index contributed by atoms with van der Waals surface area (Å²) in [6, 6.07) is 0. The Hall–Kier alpha value is -2.02. The lowest BCUT2D eigenvalue weighted by Crippen LogP contribution is -2.70. The van der Waals surface area contributed by atoms with Crippen molar-refractivity contribution in [1.82, 2.24) is 0 Å². The number of rotatable bonds is 4. The molecule has 6 nitrogen and oxygen atoms in total. The van der Waals surface area contributed by atoms with E-state index in [0.29, 0.717) is 19.3 Å². The molecule has 0 aromatic carbocycles. The second kappa shape index (κ2) is 10.4. The van der Waals surface area contributed by atoms with Crippen LogP contribution in [0.25, 0.3) is 0 Å². The maximum Gasteiger partial charge on any atom is 0.309 e. The van der Waals surface area contributed by atoms with Gasteiger partial charge in [0.15, 0.2) is 17.1 Å². The molecule has 0 unspecified atom stereocenters. The van der Waals surface area contributed by atoms with Crippen molar-refractivity contribution in [3.63, 3.8) is 0 Å². The van der Waals surface area contributed by atoms with Crippen molar-refractivity contribution in [3.8, 4) is 11.8 Å². The minimum atomic E-state index is -2.28. The zero-order valence-electron chi connectivity index (χ0n) is 23.3. The number of hydrogen-bond donors (Lipinski definition) is 2. The first-order valence-electron chi connectivity index (χ1n) is 14.3. The molecule has 5 aliphatic rings. The SMILES string of the molecule is C[C@@H]1C[C@H]2[C@@H]3C[C@H](F)C4=CC(=O)C=C[C@]4(C)[C@@]3(F)[C@@H](O)C[C@]2(C)[C@@]1(OC(=O)C1CCCC1)C(=O)SCC#CCO. The van der Waals surface area contributed by atoms with Crippen LogP contribution in [0.1, 0.15) is 65.7 Å². The first-order valence-corrected chi connectivity index (χ1v) is 15.3. The van der Waals surface area contributed by atoms with Crippen molar-refractivity contribution in [1.29, 1.82) is 0 Å². The van der Waals surface area contributed by atoms with Gasteiger partial charge < -0.3 is 14.9 Å². The van der Waals surface area contributed by atoms with E-state index in [9.17, 15) is 19.5 Å². The Balaban J connectivity index is 1.59. The molecule has 2 N–H and O–H groups in total. The number of ether oxygens (including phenoxy) is 1. The Morgan fingerprint density at radius 1 is 1.18 bits per heavy atom. The lowest BCUT2D eigenvalue weighted by molar-refractivity contribution is -0.229. The van der Waals surface area contributed by atoms with Crippen molar-refractivity contribution in [3.05, 3.63) is 23.8 Å². The van der Waals surface area contributed by atoms with Crippen LogP contribution < -0.4 is 0 Å². The van der Waals surface area contributed by atoms with Gasteiger partial charge in [0.1, 0.15) is 12.8 Å². The Labute approximate surface area is 238 Å². The van der Waals surface area contributed by atoms with Crippen LogP contribution in [-0.4, -0.2) is 63.0 Å². The third kappa shape index (κ3) is 3.99. The molecule has 0 amide bonds. The molecule has 0 radical (unpaired) electrons. The van der Waals surface area contributed by atoms with Crippen LogP contribution in [0.5, 0.6) is 0 Å². The largest absolute Gasteiger partial charge is 0.449 e. The zero-order valence-corrected chi connectivity index (χ0v) is 24.1. The summed E-state index contributed by atoms with van der Waals surface area (Å²) in [5.74, 6) is 2.07. The molecule has 0 saturated heterocycles. The molecule has 0 spiro atoms. The average Bonchev–Trinajstić information content (AvgIpc) is 3.52. The molecular weight excluding hydrogens is 538 g/mol. The summed E-state index contributed by atoms with van der Waals surface area (Å²) in [5, 5.41) is 20.3. The fourth-order valence-electron chi connectivity index (χ4n) is 8.94. The lowest BCUT2D eigenvalue weighted by Gasteiger charge is -2.63. The number of aliphatic hydroxyl groups excluding tert-OH is 2. The molecule has 0 aromatic heterocycles. The Kier molecular flexibility index (Phi) is 7.63. The molecule has 4 saturated carbocycles. The maximum absolute atomic E-state index is 17.6. The minimum absolute atomic E-state index is 0.0421. The van der Waals surface area contributed by atoms with E-state index >= 15 is 8.78 Å².